The lowest BCUT2D eigenvalue weighted by molar-refractivity contribution is 0.191. The van der Waals surface area contributed by atoms with Crippen LogP contribution in [0.25, 0.3) is 16.9 Å². The van der Waals surface area contributed by atoms with Gasteiger partial charge in [0.25, 0.3) is 0 Å². The first-order valence-corrected chi connectivity index (χ1v) is 10.9. The molecule has 4 rings (SSSR count). The van der Waals surface area contributed by atoms with Crippen LogP contribution in [0, 0.1) is 5.82 Å². The van der Waals surface area contributed by atoms with E-state index in [9.17, 15) is 19.4 Å². The highest BCUT2D eigenvalue weighted by Gasteiger charge is 2.23. The zero-order valence-electron chi connectivity index (χ0n) is 19.5. The molecule has 0 saturated carbocycles. The molecular weight excluding hydrogens is 499 g/mol. The second kappa shape index (κ2) is 10.3. The van der Waals surface area contributed by atoms with Gasteiger partial charge in [0.05, 0.1) is 37.1 Å². The molecule has 0 aliphatic rings. The molecule has 2 heterocycles. The first-order valence-electron chi connectivity index (χ1n) is 10.5. The van der Waals surface area contributed by atoms with Gasteiger partial charge in [-0.25, -0.2) is 13.8 Å². The van der Waals surface area contributed by atoms with Crippen LogP contribution in [0.5, 0.6) is 29.1 Å². The molecule has 2 aromatic heterocycles. The van der Waals surface area contributed by atoms with Crippen molar-refractivity contribution < 1.29 is 33.6 Å². The van der Waals surface area contributed by atoms with Crippen molar-refractivity contribution in [2.45, 2.75) is 6.61 Å². The highest BCUT2D eigenvalue weighted by atomic mass is 35.5. The van der Waals surface area contributed by atoms with Crippen LogP contribution in [-0.4, -0.2) is 56.7 Å². The molecule has 0 atom stereocenters. The first kappa shape index (κ1) is 25.1. The van der Waals surface area contributed by atoms with E-state index in [4.69, 9.17) is 30.5 Å². The van der Waals surface area contributed by atoms with Crippen LogP contribution in [0.3, 0.4) is 0 Å². The highest BCUT2D eigenvalue weighted by molar-refractivity contribution is 6.32. The smallest absolute Gasteiger partial charge is 0.334 e. The number of imidazole rings is 1. The van der Waals surface area contributed by atoms with Gasteiger partial charge in [-0.2, -0.15) is 9.97 Å². The highest BCUT2D eigenvalue weighted by Crippen LogP contribution is 2.38. The monoisotopic (exact) mass is 520 g/mol. The van der Waals surface area contributed by atoms with E-state index in [0.717, 1.165) is 4.57 Å². The van der Waals surface area contributed by atoms with Crippen molar-refractivity contribution in [3.05, 3.63) is 57.2 Å². The number of rotatable bonds is 9. The predicted molar refractivity (Wildman–Crippen MR) is 127 cm³/mol. The van der Waals surface area contributed by atoms with E-state index in [1.165, 1.54) is 50.1 Å². The summed E-state index contributed by atoms with van der Waals surface area (Å²) in [7, 11) is 4.23. The number of aromatic hydroxyl groups is 1. The summed E-state index contributed by atoms with van der Waals surface area (Å²) >= 11 is 6.52. The van der Waals surface area contributed by atoms with E-state index in [-0.39, 0.29) is 70.4 Å². The molecule has 0 unspecified atom stereocenters. The Balaban J connectivity index is 1.87. The van der Waals surface area contributed by atoms with Gasteiger partial charge < -0.3 is 29.2 Å². The third kappa shape index (κ3) is 4.48. The minimum absolute atomic E-state index is 0.0157. The maximum atomic E-state index is 14.4. The summed E-state index contributed by atoms with van der Waals surface area (Å²) in [6.07, 6.45) is 0. The minimum Gasteiger partial charge on any atom is -0.496 e. The number of methoxy groups -OCH3 is 2. The van der Waals surface area contributed by atoms with E-state index in [1.54, 1.807) is 6.07 Å². The lowest BCUT2D eigenvalue weighted by Gasteiger charge is -2.17. The Labute approximate surface area is 208 Å². The van der Waals surface area contributed by atoms with Crippen LogP contribution in [0.4, 0.5) is 4.39 Å². The van der Waals surface area contributed by atoms with Gasteiger partial charge in [0.2, 0.25) is 5.88 Å². The number of halogens is 2. The lowest BCUT2D eigenvalue weighted by Crippen LogP contribution is -2.21. The van der Waals surface area contributed by atoms with E-state index in [0.29, 0.717) is 0 Å². The first-order chi connectivity index (χ1) is 17.3. The minimum atomic E-state index is -0.610. The standard InChI is InChI=1S/C23H22ClFN4O7/c1-28-19-20(26-22(31)27-21(19)34-3)29(23(28)32)15-10-18(17(9-13(15)24)35-8-7-30)36-11-12-14(25)5-4-6-16(12)33-2/h4-6,9-10,30H,7-8,11H2,1-3H3,(H,26,27,31). The lowest BCUT2D eigenvalue weighted by atomic mass is 10.2. The predicted octanol–water partition coefficient (Wildman–Crippen LogP) is 2.58. The summed E-state index contributed by atoms with van der Waals surface area (Å²) < 4.78 is 38.7. The van der Waals surface area contributed by atoms with E-state index >= 15 is 0 Å². The number of benzene rings is 2. The second-order valence-corrected chi connectivity index (χ2v) is 7.82. The normalized spacial score (nSPS) is 11.1. The fourth-order valence-electron chi connectivity index (χ4n) is 3.65. The van der Waals surface area contributed by atoms with Crippen LogP contribution in [0.2, 0.25) is 5.02 Å². The summed E-state index contributed by atoms with van der Waals surface area (Å²) in [5.41, 5.74) is -0.0144. The SMILES string of the molecule is COc1cccc(F)c1COc1cc(-n2c(=O)n(C)c3c(OC)nc(O)nc32)c(Cl)cc1OCCO. The number of hydrogen-bond donors (Lipinski definition) is 2. The van der Waals surface area contributed by atoms with Gasteiger partial charge in [0, 0.05) is 19.2 Å². The van der Waals surface area contributed by atoms with Crippen molar-refractivity contribution in [3.8, 4) is 34.8 Å². The largest absolute Gasteiger partial charge is 0.496 e. The fourth-order valence-corrected chi connectivity index (χ4v) is 3.89. The molecule has 0 aliphatic carbocycles. The van der Waals surface area contributed by atoms with Crippen LogP contribution >= 0.6 is 11.6 Å². The zero-order valence-corrected chi connectivity index (χ0v) is 20.2. The van der Waals surface area contributed by atoms with Crippen LogP contribution in [0.1, 0.15) is 5.56 Å². The Bertz CT molecular complexity index is 1490. The molecule has 36 heavy (non-hydrogen) atoms. The summed E-state index contributed by atoms with van der Waals surface area (Å²) in [5.74, 6) is -0.0193. The van der Waals surface area contributed by atoms with Gasteiger partial charge in [-0.05, 0) is 12.1 Å². The third-order valence-corrected chi connectivity index (χ3v) is 5.61. The van der Waals surface area contributed by atoms with E-state index in [1.807, 2.05) is 0 Å². The molecule has 190 valence electrons. The quantitative estimate of drug-likeness (QED) is 0.342. The number of aliphatic hydroxyl groups is 1. The maximum Gasteiger partial charge on any atom is 0.334 e. The Morgan fingerprint density at radius 3 is 2.53 bits per heavy atom. The third-order valence-electron chi connectivity index (χ3n) is 5.31. The second-order valence-electron chi connectivity index (χ2n) is 7.41. The Morgan fingerprint density at radius 1 is 1.08 bits per heavy atom. The van der Waals surface area contributed by atoms with Gasteiger partial charge in [-0.1, -0.05) is 17.7 Å². The number of aryl methyl sites for hydroxylation is 1. The summed E-state index contributed by atoms with van der Waals surface area (Å²) in [6, 6.07) is 6.56. The fraction of sp³-hybridized carbons (Fsp3) is 0.261. The number of ether oxygens (including phenoxy) is 4. The van der Waals surface area contributed by atoms with Gasteiger partial charge in [0.15, 0.2) is 22.7 Å². The summed E-state index contributed by atoms with van der Waals surface area (Å²) in [4.78, 5) is 21.0. The average Bonchev–Trinajstić information content (AvgIpc) is 3.11. The molecule has 4 aromatic rings. The molecule has 0 fully saturated rings. The molecule has 0 radical (unpaired) electrons. The van der Waals surface area contributed by atoms with Gasteiger partial charge in [-0.3, -0.25) is 4.57 Å². The van der Waals surface area contributed by atoms with E-state index < -0.39 is 17.5 Å². The molecule has 0 saturated heterocycles. The summed E-state index contributed by atoms with van der Waals surface area (Å²) in [5, 5.41) is 19.3. The van der Waals surface area contributed by atoms with Gasteiger partial charge in [0.1, 0.15) is 24.8 Å². The van der Waals surface area contributed by atoms with Crippen LogP contribution in [0.15, 0.2) is 35.1 Å². The maximum absolute atomic E-state index is 14.4. The van der Waals surface area contributed by atoms with Crippen LogP contribution < -0.4 is 24.6 Å². The number of aliphatic hydroxyl groups excluding tert-OH is 1. The number of hydrogen-bond acceptors (Lipinski definition) is 9. The van der Waals surface area contributed by atoms with Crippen LogP contribution in [-0.2, 0) is 13.7 Å². The summed E-state index contributed by atoms with van der Waals surface area (Å²) in [6.45, 7) is -0.589. The number of aromatic nitrogens is 4. The van der Waals surface area contributed by atoms with Crippen molar-refractivity contribution >= 4 is 22.8 Å². The van der Waals surface area contributed by atoms with Crippen molar-refractivity contribution in [2.75, 3.05) is 27.4 Å². The van der Waals surface area contributed by atoms with E-state index in [2.05, 4.69) is 9.97 Å². The molecule has 13 heteroatoms. The Hall–Kier alpha value is -4.03. The Morgan fingerprint density at radius 2 is 1.83 bits per heavy atom. The van der Waals surface area contributed by atoms with Gasteiger partial charge in [-0.15, -0.1) is 0 Å². The van der Waals surface area contributed by atoms with Crippen molar-refractivity contribution in [2.24, 2.45) is 7.05 Å². The molecule has 0 aliphatic heterocycles. The number of fused-ring (bicyclic) bond motifs is 1. The zero-order chi connectivity index (χ0) is 26.0. The molecule has 11 nitrogen and oxygen atoms in total. The molecule has 0 amide bonds. The molecular formula is C23H22ClFN4O7. The van der Waals surface area contributed by atoms with Crippen molar-refractivity contribution in [1.82, 2.24) is 19.1 Å². The van der Waals surface area contributed by atoms with Crippen molar-refractivity contribution in [3.63, 3.8) is 0 Å². The molecule has 2 N–H and O–H groups in total. The Kier molecular flexibility index (Phi) is 7.17. The molecule has 2 aromatic carbocycles. The number of nitrogens with zero attached hydrogens (tertiary/aromatic N) is 4. The molecule has 0 spiro atoms. The average molecular weight is 521 g/mol. The molecule has 0 bridgehead atoms. The topological polar surface area (TPSA) is 130 Å². The van der Waals surface area contributed by atoms with Crippen molar-refractivity contribution in [1.29, 1.82) is 0 Å². The van der Waals surface area contributed by atoms with Gasteiger partial charge >= 0.3 is 11.7 Å².